The summed E-state index contributed by atoms with van der Waals surface area (Å²) in [6.07, 6.45) is 1.85. The number of hydrogen-bond acceptors (Lipinski definition) is 3. The lowest BCUT2D eigenvalue weighted by Crippen LogP contribution is -2.41. The van der Waals surface area contributed by atoms with Crippen molar-refractivity contribution < 1.29 is 9.90 Å². The molecule has 0 spiro atoms. The van der Waals surface area contributed by atoms with Crippen LogP contribution in [0.25, 0.3) is 0 Å². The molecule has 0 aromatic carbocycles. The van der Waals surface area contributed by atoms with Crippen LogP contribution in [0.5, 0.6) is 0 Å². The van der Waals surface area contributed by atoms with Crippen molar-refractivity contribution in [2.24, 2.45) is 5.92 Å². The monoisotopic (exact) mass is 236 g/mol. The molecule has 92 valence electrons. The Morgan fingerprint density at radius 1 is 1.53 bits per heavy atom. The van der Waals surface area contributed by atoms with Gasteiger partial charge in [-0.05, 0) is 24.8 Å². The van der Waals surface area contributed by atoms with Gasteiger partial charge in [-0.3, -0.25) is 9.59 Å². The average Bonchev–Trinajstić information content (AvgIpc) is 2.38. The molecule has 1 unspecified atom stereocenters. The number of piperidine rings is 1. The first-order chi connectivity index (χ1) is 8.20. The van der Waals surface area contributed by atoms with E-state index in [1.54, 1.807) is 17.0 Å². The number of amides is 1. The second kappa shape index (κ2) is 5.14. The molecule has 1 aromatic heterocycles. The molecule has 2 N–H and O–H groups in total. The van der Waals surface area contributed by atoms with Crippen LogP contribution in [0.15, 0.2) is 23.0 Å². The molecule has 17 heavy (non-hydrogen) atoms. The Hall–Kier alpha value is -1.62. The van der Waals surface area contributed by atoms with Gasteiger partial charge in [0.1, 0.15) is 5.69 Å². The normalized spacial score (nSPS) is 20.3. The van der Waals surface area contributed by atoms with Crippen molar-refractivity contribution in [1.29, 1.82) is 0 Å². The van der Waals surface area contributed by atoms with Gasteiger partial charge in [-0.2, -0.15) is 0 Å². The third kappa shape index (κ3) is 2.74. The molecule has 1 aliphatic heterocycles. The van der Waals surface area contributed by atoms with Gasteiger partial charge >= 0.3 is 0 Å². The van der Waals surface area contributed by atoms with Crippen LogP contribution in [0.3, 0.4) is 0 Å². The summed E-state index contributed by atoms with van der Waals surface area (Å²) in [5.41, 5.74) is 0.0441. The summed E-state index contributed by atoms with van der Waals surface area (Å²) >= 11 is 0. The average molecular weight is 236 g/mol. The Bertz CT molecular complexity index is 455. The van der Waals surface area contributed by atoms with E-state index in [1.807, 2.05) is 0 Å². The number of nitrogens with one attached hydrogen (secondary N) is 1. The topological polar surface area (TPSA) is 73.4 Å². The van der Waals surface area contributed by atoms with E-state index in [-0.39, 0.29) is 24.0 Å². The molecule has 1 saturated heterocycles. The summed E-state index contributed by atoms with van der Waals surface area (Å²) < 4.78 is 0. The van der Waals surface area contributed by atoms with Crippen LogP contribution in [-0.2, 0) is 0 Å². The van der Waals surface area contributed by atoms with Gasteiger partial charge in [0.25, 0.3) is 5.91 Å². The summed E-state index contributed by atoms with van der Waals surface area (Å²) in [4.78, 5) is 27.4. The fraction of sp³-hybridized carbons (Fsp3) is 0.500. The highest BCUT2D eigenvalue weighted by Gasteiger charge is 2.24. The minimum absolute atomic E-state index is 0.106. The summed E-state index contributed by atoms with van der Waals surface area (Å²) in [7, 11) is 0. The summed E-state index contributed by atoms with van der Waals surface area (Å²) in [6, 6.07) is 4.55. The largest absolute Gasteiger partial charge is 0.396 e. The number of nitrogens with zero attached hydrogens (tertiary/aromatic N) is 1. The van der Waals surface area contributed by atoms with E-state index in [0.29, 0.717) is 18.8 Å². The lowest BCUT2D eigenvalue weighted by Gasteiger charge is -2.31. The van der Waals surface area contributed by atoms with Crippen molar-refractivity contribution in [2.45, 2.75) is 12.8 Å². The Morgan fingerprint density at radius 2 is 2.35 bits per heavy atom. The van der Waals surface area contributed by atoms with Crippen molar-refractivity contribution in [3.63, 3.8) is 0 Å². The van der Waals surface area contributed by atoms with Crippen LogP contribution in [0.4, 0.5) is 0 Å². The highest BCUT2D eigenvalue weighted by molar-refractivity contribution is 5.92. The number of hydrogen-bond donors (Lipinski definition) is 2. The van der Waals surface area contributed by atoms with Crippen molar-refractivity contribution in [3.8, 4) is 0 Å². The van der Waals surface area contributed by atoms with Gasteiger partial charge in [0.15, 0.2) is 0 Å². The van der Waals surface area contributed by atoms with Crippen LogP contribution in [0, 0.1) is 5.92 Å². The number of H-pyrrole nitrogens is 1. The first-order valence-corrected chi connectivity index (χ1v) is 5.80. The van der Waals surface area contributed by atoms with E-state index in [2.05, 4.69) is 4.98 Å². The molecule has 0 aliphatic carbocycles. The molecular weight excluding hydrogens is 220 g/mol. The fourth-order valence-corrected chi connectivity index (χ4v) is 2.14. The molecule has 5 nitrogen and oxygen atoms in total. The molecule has 1 fully saturated rings. The molecule has 1 aromatic rings. The van der Waals surface area contributed by atoms with Crippen molar-refractivity contribution in [1.82, 2.24) is 9.88 Å². The predicted molar refractivity (Wildman–Crippen MR) is 62.8 cm³/mol. The van der Waals surface area contributed by atoms with Gasteiger partial charge in [-0.15, -0.1) is 0 Å². The Balaban J connectivity index is 2.12. The standard InChI is InChI=1S/C12H16N2O3/c15-8-9-3-2-6-14(7-9)12(17)10-4-1-5-11(16)13-10/h1,4-5,9,15H,2-3,6-8H2,(H,13,16). The van der Waals surface area contributed by atoms with Crippen molar-refractivity contribution in [3.05, 3.63) is 34.2 Å². The number of carbonyl (C=O) groups is 1. The van der Waals surface area contributed by atoms with Crippen LogP contribution in [-0.4, -0.2) is 40.6 Å². The maximum Gasteiger partial charge on any atom is 0.270 e. The fourth-order valence-electron chi connectivity index (χ4n) is 2.14. The van der Waals surface area contributed by atoms with Crippen molar-refractivity contribution in [2.75, 3.05) is 19.7 Å². The Labute approximate surface area is 99.1 Å². The predicted octanol–water partition coefficient (Wildman–Crippen LogP) is 0.219. The third-order valence-electron chi connectivity index (χ3n) is 3.06. The van der Waals surface area contributed by atoms with Gasteiger partial charge in [0, 0.05) is 25.8 Å². The molecule has 5 heteroatoms. The first-order valence-electron chi connectivity index (χ1n) is 5.80. The number of pyridine rings is 1. The van der Waals surface area contributed by atoms with Gasteiger partial charge in [0.05, 0.1) is 0 Å². The number of carbonyl (C=O) groups excluding carboxylic acids is 1. The molecule has 1 amide bonds. The minimum atomic E-state index is -0.272. The zero-order valence-corrected chi connectivity index (χ0v) is 9.56. The minimum Gasteiger partial charge on any atom is -0.396 e. The lowest BCUT2D eigenvalue weighted by molar-refractivity contribution is 0.0614. The zero-order chi connectivity index (χ0) is 12.3. The number of aliphatic hydroxyl groups is 1. The Kier molecular flexibility index (Phi) is 3.58. The van der Waals surface area contributed by atoms with Crippen molar-refractivity contribution >= 4 is 5.91 Å². The second-order valence-corrected chi connectivity index (χ2v) is 4.37. The SMILES string of the molecule is O=C(c1cccc(=O)[nH]1)N1CCCC(CO)C1. The quantitative estimate of drug-likeness (QED) is 0.771. The Morgan fingerprint density at radius 3 is 3.06 bits per heavy atom. The smallest absolute Gasteiger partial charge is 0.270 e. The van der Waals surface area contributed by atoms with Crippen LogP contribution in [0.1, 0.15) is 23.3 Å². The van der Waals surface area contributed by atoms with Crippen LogP contribution in [0.2, 0.25) is 0 Å². The zero-order valence-electron chi connectivity index (χ0n) is 9.56. The maximum absolute atomic E-state index is 12.1. The van der Waals surface area contributed by atoms with E-state index in [0.717, 1.165) is 12.8 Å². The summed E-state index contributed by atoms with van der Waals surface area (Å²) in [5, 5.41) is 9.11. The number of likely N-dealkylation sites (tertiary alicyclic amines) is 1. The summed E-state index contributed by atoms with van der Waals surface area (Å²) in [6.45, 7) is 1.35. The van der Waals surface area contributed by atoms with E-state index in [4.69, 9.17) is 5.11 Å². The van der Waals surface area contributed by atoms with E-state index in [1.165, 1.54) is 6.07 Å². The molecule has 0 radical (unpaired) electrons. The molecule has 2 rings (SSSR count). The van der Waals surface area contributed by atoms with Gasteiger partial charge < -0.3 is 15.0 Å². The second-order valence-electron chi connectivity index (χ2n) is 4.37. The van der Waals surface area contributed by atoms with E-state index < -0.39 is 0 Å². The molecule has 2 heterocycles. The third-order valence-corrected chi connectivity index (χ3v) is 3.06. The van der Waals surface area contributed by atoms with Crippen LogP contribution >= 0.6 is 0 Å². The van der Waals surface area contributed by atoms with Gasteiger partial charge in [0.2, 0.25) is 5.56 Å². The molecular formula is C12H16N2O3. The molecule has 1 aliphatic rings. The number of aliphatic hydroxyl groups excluding tert-OH is 1. The molecule has 0 bridgehead atoms. The van der Waals surface area contributed by atoms with Gasteiger partial charge in [-0.1, -0.05) is 6.07 Å². The van der Waals surface area contributed by atoms with Gasteiger partial charge in [-0.25, -0.2) is 0 Å². The summed E-state index contributed by atoms with van der Waals surface area (Å²) in [5.74, 6) is -0.0102. The number of aromatic nitrogens is 1. The molecule has 0 saturated carbocycles. The number of aromatic amines is 1. The van der Waals surface area contributed by atoms with E-state index >= 15 is 0 Å². The molecule has 1 atom stereocenters. The number of rotatable bonds is 2. The highest BCUT2D eigenvalue weighted by atomic mass is 16.3. The van der Waals surface area contributed by atoms with E-state index in [9.17, 15) is 9.59 Å². The maximum atomic E-state index is 12.1. The lowest BCUT2D eigenvalue weighted by atomic mass is 9.99. The van der Waals surface area contributed by atoms with Crippen LogP contribution < -0.4 is 5.56 Å². The first kappa shape index (κ1) is 11.9. The highest BCUT2D eigenvalue weighted by Crippen LogP contribution is 2.17.